The molecule has 0 radical (unpaired) electrons. The van der Waals surface area contributed by atoms with Gasteiger partial charge in [-0.05, 0) is 23.1 Å². The molecular weight excluding hydrogens is 548 g/mol. The summed E-state index contributed by atoms with van der Waals surface area (Å²) in [6.07, 6.45) is -1.64. The van der Waals surface area contributed by atoms with Crippen LogP contribution in [0.2, 0.25) is 0 Å². The highest BCUT2D eigenvalue weighted by Crippen LogP contribution is 2.28. The van der Waals surface area contributed by atoms with E-state index >= 15 is 0 Å². The number of carboxylic acids is 1. The molecule has 13 nitrogen and oxygen atoms in total. The topological polar surface area (TPSA) is 180 Å². The molecule has 2 atom stereocenters. The van der Waals surface area contributed by atoms with E-state index in [0.717, 1.165) is 16.2 Å². The maximum atomic E-state index is 12.7. The van der Waals surface area contributed by atoms with E-state index in [1.165, 1.54) is 0 Å². The van der Waals surface area contributed by atoms with Crippen molar-refractivity contribution in [2.24, 2.45) is 5.92 Å². The number of anilines is 1. The Bertz CT molecular complexity index is 1300. The number of hydrogen-bond donors (Lipinski definition) is 4. The third kappa shape index (κ3) is 9.41. The van der Waals surface area contributed by atoms with Crippen LogP contribution < -0.4 is 21.0 Å². The van der Waals surface area contributed by atoms with E-state index in [2.05, 4.69) is 16.0 Å². The van der Waals surface area contributed by atoms with Gasteiger partial charge in [-0.2, -0.15) is 5.06 Å². The van der Waals surface area contributed by atoms with E-state index in [1.807, 2.05) is 6.07 Å². The number of rotatable bonds is 15. The zero-order valence-corrected chi connectivity index (χ0v) is 23.3. The van der Waals surface area contributed by atoms with Crippen molar-refractivity contribution in [1.29, 1.82) is 0 Å². The van der Waals surface area contributed by atoms with E-state index in [4.69, 9.17) is 9.57 Å². The number of carbonyl (C=O) groups is 6. The standard InChI is InChI=1S/C29H34N4O9/c1-18(2)27(32-29(40)41-16-19-8-4-3-5-9-19)28(39)30-13-12-24(35)31-21(15-26(37)38)23(34)17-42-33-22-11-7-6-10-20(22)14-25(33)36/h3-11,18,21,27H,12-17H2,1-2H3,(H,30,39)(H,31,35)(H,32,40)(H,37,38). The molecule has 2 aromatic rings. The summed E-state index contributed by atoms with van der Waals surface area (Å²) in [5.41, 5.74) is 2.00. The summed E-state index contributed by atoms with van der Waals surface area (Å²) in [5.74, 6) is -3.97. The number of fused-ring (bicyclic) bond motifs is 1. The van der Waals surface area contributed by atoms with E-state index in [0.29, 0.717) is 5.69 Å². The van der Waals surface area contributed by atoms with Gasteiger partial charge < -0.3 is 25.8 Å². The van der Waals surface area contributed by atoms with Crippen molar-refractivity contribution in [3.63, 3.8) is 0 Å². The van der Waals surface area contributed by atoms with Gasteiger partial charge in [0.15, 0.2) is 5.78 Å². The first-order valence-corrected chi connectivity index (χ1v) is 13.4. The molecule has 2 unspecified atom stereocenters. The van der Waals surface area contributed by atoms with E-state index in [9.17, 15) is 33.9 Å². The Kier molecular flexibility index (Phi) is 11.6. The Balaban J connectivity index is 1.46. The number of para-hydroxylation sites is 1. The summed E-state index contributed by atoms with van der Waals surface area (Å²) in [6.45, 7) is 2.71. The number of nitrogens with one attached hydrogen (secondary N) is 3. The molecule has 13 heteroatoms. The normalized spacial score (nSPS) is 13.6. The van der Waals surface area contributed by atoms with Crippen molar-refractivity contribution in [3.8, 4) is 0 Å². The molecule has 4 amide bonds. The summed E-state index contributed by atoms with van der Waals surface area (Å²) in [7, 11) is 0. The summed E-state index contributed by atoms with van der Waals surface area (Å²) in [6, 6.07) is 13.6. The van der Waals surface area contributed by atoms with Crippen molar-refractivity contribution in [1.82, 2.24) is 16.0 Å². The minimum absolute atomic E-state index is 0.0299. The Morgan fingerprint density at radius 3 is 2.36 bits per heavy atom. The predicted octanol–water partition coefficient (Wildman–Crippen LogP) is 1.49. The van der Waals surface area contributed by atoms with Gasteiger partial charge in [-0.25, -0.2) is 4.79 Å². The number of amides is 4. The summed E-state index contributed by atoms with van der Waals surface area (Å²) < 4.78 is 5.17. The molecule has 0 bridgehead atoms. The van der Waals surface area contributed by atoms with Gasteiger partial charge in [-0.15, -0.1) is 0 Å². The van der Waals surface area contributed by atoms with Gasteiger partial charge in [0.05, 0.1) is 18.5 Å². The van der Waals surface area contributed by atoms with Gasteiger partial charge in [-0.1, -0.05) is 62.4 Å². The van der Waals surface area contributed by atoms with Crippen molar-refractivity contribution >= 4 is 41.3 Å². The third-order valence-corrected chi connectivity index (χ3v) is 6.30. The fourth-order valence-electron chi connectivity index (χ4n) is 4.12. The molecule has 1 aliphatic heterocycles. The summed E-state index contributed by atoms with van der Waals surface area (Å²) >= 11 is 0. The SMILES string of the molecule is CC(C)C(NC(=O)OCc1ccccc1)C(=O)NCCC(=O)NC(CC(=O)O)C(=O)CON1C(=O)Cc2ccccc21. The maximum Gasteiger partial charge on any atom is 0.408 e. The zero-order valence-electron chi connectivity index (χ0n) is 23.3. The molecule has 0 aliphatic carbocycles. The van der Waals surface area contributed by atoms with Crippen molar-refractivity contribution < 1.29 is 43.4 Å². The largest absolute Gasteiger partial charge is 0.481 e. The molecule has 224 valence electrons. The van der Waals surface area contributed by atoms with E-state index in [-0.39, 0.29) is 37.8 Å². The van der Waals surface area contributed by atoms with E-state index in [1.54, 1.807) is 62.4 Å². The highest BCUT2D eigenvalue weighted by Gasteiger charge is 2.31. The third-order valence-electron chi connectivity index (χ3n) is 6.30. The van der Waals surface area contributed by atoms with Crippen LogP contribution in [-0.4, -0.2) is 65.9 Å². The smallest absolute Gasteiger partial charge is 0.408 e. The van der Waals surface area contributed by atoms with Gasteiger partial charge in [0.2, 0.25) is 11.8 Å². The lowest BCUT2D eigenvalue weighted by atomic mass is 10.0. The fourth-order valence-corrected chi connectivity index (χ4v) is 4.12. The number of ether oxygens (including phenoxy) is 1. The monoisotopic (exact) mass is 582 g/mol. The van der Waals surface area contributed by atoms with Crippen LogP contribution >= 0.6 is 0 Å². The number of carbonyl (C=O) groups excluding carboxylic acids is 5. The van der Waals surface area contributed by atoms with Crippen LogP contribution in [0.15, 0.2) is 54.6 Å². The lowest BCUT2D eigenvalue weighted by Gasteiger charge is -2.22. The Morgan fingerprint density at radius 2 is 1.67 bits per heavy atom. The second kappa shape index (κ2) is 15.3. The molecule has 4 N–H and O–H groups in total. The first-order valence-electron chi connectivity index (χ1n) is 13.4. The molecule has 0 saturated carbocycles. The second-order valence-electron chi connectivity index (χ2n) is 9.92. The number of ketones is 1. The number of aliphatic carboxylic acids is 1. The maximum absolute atomic E-state index is 12.7. The average molecular weight is 583 g/mol. The lowest BCUT2D eigenvalue weighted by Crippen LogP contribution is -2.50. The molecule has 0 spiro atoms. The van der Waals surface area contributed by atoms with Crippen LogP contribution in [0.1, 0.15) is 37.8 Å². The number of hydrogen-bond acceptors (Lipinski definition) is 8. The Labute approximate surface area is 242 Å². The molecule has 42 heavy (non-hydrogen) atoms. The van der Waals surface area contributed by atoms with Crippen molar-refractivity contribution in [3.05, 3.63) is 65.7 Å². The highest BCUT2D eigenvalue weighted by atomic mass is 16.7. The number of hydroxylamine groups is 1. The molecule has 0 fully saturated rings. The first-order chi connectivity index (χ1) is 20.0. The van der Waals surface area contributed by atoms with Crippen LogP contribution in [0.4, 0.5) is 10.5 Å². The number of alkyl carbamates (subject to hydrolysis) is 1. The van der Waals surface area contributed by atoms with Gasteiger partial charge in [0.25, 0.3) is 5.91 Å². The molecule has 2 aromatic carbocycles. The van der Waals surface area contributed by atoms with E-state index < -0.39 is 54.8 Å². The first kappa shape index (κ1) is 31.7. The highest BCUT2D eigenvalue weighted by molar-refractivity contribution is 6.00. The van der Waals surface area contributed by atoms with Crippen LogP contribution in [-0.2, 0) is 46.6 Å². The van der Waals surface area contributed by atoms with Crippen molar-refractivity contribution in [2.75, 3.05) is 18.2 Å². The second-order valence-corrected chi connectivity index (χ2v) is 9.92. The molecule has 1 heterocycles. The number of Topliss-reactive ketones (excluding diaryl/α,β-unsaturated/α-hetero) is 1. The zero-order chi connectivity index (χ0) is 30.6. The van der Waals surface area contributed by atoms with Crippen molar-refractivity contribution in [2.45, 2.75) is 51.8 Å². The molecule has 1 aliphatic rings. The molecule has 0 saturated heterocycles. The van der Waals surface area contributed by atoms with Gasteiger partial charge in [-0.3, -0.25) is 28.8 Å². The Hall–Kier alpha value is -4.78. The van der Waals surface area contributed by atoms with Crippen LogP contribution in [0, 0.1) is 5.92 Å². The minimum atomic E-state index is -1.41. The summed E-state index contributed by atoms with van der Waals surface area (Å²) in [5, 5.41) is 17.6. The van der Waals surface area contributed by atoms with Gasteiger partial charge in [0.1, 0.15) is 25.3 Å². The summed E-state index contributed by atoms with van der Waals surface area (Å²) in [4.78, 5) is 79.1. The molecule has 3 rings (SSSR count). The van der Waals surface area contributed by atoms with Gasteiger partial charge >= 0.3 is 12.1 Å². The molecule has 0 aromatic heterocycles. The fraction of sp³-hybridized carbons (Fsp3) is 0.379. The predicted molar refractivity (Wildman–Crippen MR) is 149 cm³/mol. The quantitative estimate of drug-likeness (QED) is 0.242. The average Bonchev–Trinajstić information content (AvgIpc) is 3.27. The van der Waals surface area contributed by atoms with Crippen LogP contribution in [0.5, 0.6) is 0 Å². The number of carboxylic acid groups (broad SMARTS) is 1. The Morgan fingerprint density at radius 1 is 0.976 bits per heavy atom. The van der Waals surface area contributed by atoms with Crippen LogP contribution in [0.3, 0.4) is 0 Å². The van der Waals surface area contributed by atoms with Gasteiger partial charge in [0, 0.05) is 13.0 Å². The molecular formula is C29H34N4O9. The number of benzene rings is 2. The van der Waals surface area contributed by atoms with Crippen LogP contribution in [0.25, 0.3) is 0 Å². The lowest BCUT2D eigenvalue weighted by molar-refractivity contribution is -0.142. The minimum Gasteiger partial charge on any atom is -0.481 e. The number of nitrogens with zero attached hydrogens (tertiary/aromatic N) is 1.